The fraction of sp³-hybridized carbons (Fsp3) is 0.481. The highest BCUT2D eigenvalue weighted by Gasteiger charge is 2.23. The van der Waals surface area contributed by atoms with Crippen molar-refractivity contribution in [1.82, 2.24) is 14.9 Å². The van der Waals surface area contributed by atoms with Gasteiger partial charge in [0.05, 0.1) is 19.8 Å². The SMILES string of the molecule is Cc1[nH]c2ccc(Nc3cc(OCCC4CCN(C)C(=O)C4)cc(N4CCOCC4)n3)cc2c1C. The van der Waals surface area contributed by atoms with Crippen molar-refractivity contribution >= 4 is 34.1 Å². The van der Waals surface area contributed by atoms with E-state index >= 15 is 0 Å². The van der Waals surface area contributed by atoms with E-state index in [0.29, 0.717) is 32.2 Å². The number of carbonyl (C=O) groups excluding carboxylic acids is 1. The van der Waals surface area contributed by atoms with Crippen molar-refractivity contribution in [2.24, 2.45) is 5.92 Å². The van der Waals surface area contributed by atoms with Crippen molar-refractivity contribution < 1.29 is 14.3 Å². The maximum Gasteiger partial charge on any atom is 0.222 e. The first-order valence-corrected chi connectivity index (χ1v) is 12.5. The molecule has 3 aromatic rings. The summed E-state index contributed by atoms with van der Waals surface area (Å²) in [5, 5.41) is 4.70. The number of aromatic nitrogens is 2. The maximum atomic E-state index is 12.0. The van der Waals surface area contributed by atoms with Gasteiger partial charge in [-0.1, -0.05) is 0 Å². The van der Waals surface area contributed by atoms with Crippen molar-refractivity contribution in [3.05, 3.63) is 41.6 Å². The molecule has 2 N–H and O–H groups in total. The summed E-state index contributed by atoms with van der Waals surface area (Å²) in [4.78, 5) is 24.4. The van der Waals surface area contributed by atoms with Crippen LogP contribution in [0.3, 0.4) is 0 Å². The van der Waals surface area contributed by atoms with E-state index < -0.39 is 0 Å². The topological polar surface area (TPSA) is 82.7 Å². The number of H-pyrrole nitrogens is 1. The van der Waals surface area contributed by atoms with E-state index in [9.17, 15) is 4.79 Å². The molecule has 186 valence electrons. The van der Waals surface area contributed by atoms with Gasteiger partial charge in [0, 0.05) is 67.5 Å². The summed E-state index contributed by atoms with van der Waals surface area (Å²) < 4.78 is 11.7. The molecule has 35 heavy (non-hydrogen) atoms. The minimum atomic E-state index is 0.232. The average Bonchev–Trinajstić information content (AvgIpc) is 3.15. The van der Waals surface area contributed by atoms with E-state index in [1.54, 1.807) is 0 Å². The van der Waals surface area contributed by atoms with E-state index in [0.717, 1.165) is 61.1 Å². The van der Waals surface area contributed by atoms with E-state index in [-0.39, 0.29) is 5.91 Å². The molecule has 8 heteroatoms. The second-order valence-corrected chi connectivity index (χ2v) is 9.72. The van der Waals surface area contributed by atoms with Gasteiger partial charge in [-0.05, 0) is 56.4 Å². The van der Waals surface area contributed by atoms with E-state index in [1.165, 1.54) is 16.6 Å². The number of benzene rings is 1. The second-order valence-electron chi connectivity index (χ2n) is 9.72. The Labute approximate surface area is 206 Å². The van der Waals surface area contributed by atoms with Gasteiger partial charge in [-0.3, -0.25) is 4.79 Å². The van der Waals surface area contributed by atoms with Crippen LogP contribution in [-0.2, 0) is 9.53 Å². The predicted octanol–water partition coefficient (Wildman–Crippen LogP) is 4.40. The lowest BCUT2D eigenvalue weighted by Gasteiger charge is -2.29. The molecule has 1 unspecified atom stereocenters. The lowest BCUT2D eigenvalue weighted by atomic mass is 9.94. The molecule has 2 aliphatic rings. The Morgan fingerprint density at radius 2 is 2.00 bits per heavy atom. The molecule has 1 aromatic carbocycles. The molecular weight excluding hydrogens is 442 g/mol. The summed E-state index contributed by atoms with van der Waals surface area (Å²) in [5.41, 5.74) is 4.57. The van der Waals surface area contributed by atoms with Gasteiger partial charge in [-0.15, -0.1) is 0 Å². The molecule has 0 bridgehead atoms. The number of hydrogen-bond acceptors (Lipinski definition) is 6. The Morgan fingerprint density at radius 3 is 2.80 bits per heavy atom. The van der Waals surface area contributed by atoms with Crippen LogP contribution in [0.2, 0.25) is 0 Å². The fourth-order valence-corrected chi connectivity index (χ4v) is 4.88. The molecule has 0 aliphatic carbocycles. The standard InChI is InChI=1S/C27H35N5O3/c1-18-19(2)28-24-5-4-21(15-23(18)24)29-25-16-22(17-26(30-25)32-9-12-34-13-10-32)35-11-7-20-6-8-31(3)27(33)14-20/h4-5,15-17,20,28H,6-14H2,1-3H3,(H,29,30). The third-order valence-electron chi connectivity index (χ3n) is 7.26. The Kier molecular flexibility index (Phi) is 6.81. The minimum Gasteiger partial charge on any atom is -0.493 e. The zero-order valence-electron chi connectivity index (χ0n) is 20.9. The largest absolute Gasteiger partial charge is 0.493 e. The number of piperidine rings is 1. The number of pyridine rings is 1. The fourth-order valence-electron chi connectivity index (χ4n) is 4.88. The number of aryl methyl sites for hydroxylation is 2. The van der Waals surface area contributed by atoms with Gasteiger partial charge >= 0.3 is 0 Å². The summed E-state index contributed by atoms with van der Waals surface area (Å²) in [6.45, 7) is 8.66. The number of nitrogens with one attached hydrogen (secondary N) is 2. The number of carbonyl (C=O) groups is 1. The highest BCUT2D eigenvalue weighted by atomic mass is 16.5. The van der Waals surface area contributed by atoms with Crippen molar-refractivity contribution in [2.75, 3.05) is 56.7 Å². The normalized spacial score (nSPS) is 18.8. The summed E-state index contributed by atoms with van der Waals surface area (Å²) >= 11 is 0. The summed E-state index contributed by atoms with van der Waals surface area (Å²) in [7, 11) is 1.88. The second kappa shape index (κ2) is 10.2. The molecule has 0 radical (unpaired) electrons. The molecule has 2 fully saturated rings. The van der Waals surface area contributed by atoms with E-state index in [1.807, 2.05) is 24.1 Å². The van der Waals surface area contributed by atoms with Gasteiger partial charge in [0.25, 0.3) is 0 Å². The summed E-state index contributed by atoms with van der Waals surface area (Å²) in [5.74, 6) is 3.05. The number of aromatic amines is 1. The van der Waals surface area contributed by atoms with Crippen LogP contribution in [0.5, 0.6) is 5.75 Å². The number of rotatable bonds is 7. The molecule has 4 heterocycles. The Hall–Kier alpha value is -3.26. The molecule has 0 spiro atoms. The monoisotopic (exact) mass is 477 g/mol. The smallest absolute Gasteiger partial charge is 0.222 e. The summed E-state index contributed by atoms with van der Waals surface area (Å²) in [6.07, 6.45) is 2.53. The van der Waals surface area contributed by atoms with Crippen molar-refractivity contribution in [3.63, 3.8) is 0 Å². The Balaban J connectivity index is 1.33. The van der Waals surface area contributed by atoms with Crippen LogP contribution in [-0.4, -0.2) is 67.3 Å². The molecule has 1 amide bonds. The van der Waals surface area contributed by atoms with Crippen LogP contribution in [0, 0.1) is 19.8 Å². The summed E-state index contributed by atoms with van der Waals surface area (Å²) in [6, 6.07) is 10.3. The molecule has 8 nitrogen and oxygen atoms in total. The van der Waals surface area contributed by atoms with Crippen molar-refractivity contribution in [1.29, 1.82) is 0 Å². The van der Waals surface area contributed by atoms with Gasteiger partial charge in [-0.2, -0.15) is 0 Å². The minimum absolute atomic E-state index is 0.232. The Bertz CT molecular complexity index is 1200. The number of fused-ring (bicyclic) bond motifs is 1. The number of hydrogen-bond donors (Lipinski definition) is 2. The zero-order chi connectivity index (χ0) is 24.4. The molecule has 5 rings (SSSR count). The number of ether oxygens (including phenoxy) is 2. The maximum absolute atomic E-state index is 12.0. The van der Waals surface area contributed by atoms with Gasteiger partial charge in [0.1, 0.15) is 17.4 Å². The predicted molar refractivity (Wildman–Crippen MR) is 139 cm³/mol. The number of nitrogens with zero attached hydrogens (tertiary/aromatic N) is 3. The van der Waals surface area contributed by atoms with Gasteiger partial charge in [0.15, 0.2) is 0 Å². The van der Waals surface area contributed by atoms with Crippen LogP contribution < -0.4 is 15.0 Å². The molecule has 2 aromatic heterocycles. The third kappa shape index (κ3) is 5.37. The van der Waals surface area contributed by atoms with Crippen LogP contribution in [0.25, 0.3) is 10.9 Å². The van der Waals surface area contributed by atoms with Gasteiger partial charge in [-0.25, -0.2) is 4.98 Å². The van der Waals surface area contributed by atoms with Crippen LogP contribution in [0.1, 0.15) is 30.5 Å². The molecule has 1 atom stereocenters. The van der Waals surface area contributed by atoms with E-state index in [2.05, 4.69) is 47.2 Å². The lowest BCUT2D eigenvalue weighted by molar-refractivity contribution is -0.133. The Morgan fingerprint density at radius 1 is 1.17 bits per heavy atom. The van der Waals surface area contributed by atoms with Crippen LogP contribution in [0.15, 0.2) is 30.3 Å². The molecular formula is C27H35N5O3. The molecule has 0 saturated carbocycles. The van der Waals surface area contributed by atoms with Crippen LogP contribution in [0.4, 0.5) is 17.3 Å². The first-order valence-electron chi connectivity index (χ1n) is 12.5. The van der Waals surface area contributed by atoms with Gasteiger partial charge < -0.3 is 29.6 Å². The van der Waals surface area contributed by atoms with Gasteiger partial charge in [0.2, 0.25) is 5.91 Å². The number of morpholine rings is 1. The zero-order valence-corrected chi connectivity index (χ0v) is 20.9. The molecule has 2 saturated heterocycles. The number of likely N-dealkylation sites (tertiary alicyclic amines) is 1. The average molecular weight is 478 g/mol. The quantitative estimate of drug-likeness (QED) is 0.525. The van der Waals surface area contributed by atoms with Crippen LogP contribution >= 0.6 is 0 Å². The molecule has 2 aliphatic heterocycles. The number of anilines is 3. The number of amides is 1. The van der Waals surface area contributed by atoms with E-state index in [4.69, 9.17) is 14.5 Å². The lowest BCUT2D eigenvalue weighted by Crippen LogP contribution is -2.36. The highest BCUT2D eigenvalue weighted by Crippen LogP contribution is 2.30. The highest BCUT2D eigenvalue weighted by molar-refractivity contribution is 5.88. The van der Waals surface area contributed by atoms with Crippen molar-refractivity contribution in [3.8, 4) is 5.75 Å². The first-order chi connectivity index (χ1) is 17.0. The van der Waals surface area contributed by atoms with Crippen molar-refractivity contribution in [2.45, 2.75) is 33.1 Å². The first kappa shape index (κ1) is 23.5. The third-order valence-corrected chi connectivity index (χ3v) is 7.26.